The zero-order chi connectivity index (χ0) is 12.1. The Morgan fingerprint density at radius 3 is 2.71 bits per heavy atom. The van der Waals surface area contributed by atoms with Gasteiger partial charge in [0.05, 0.1) is 0 Å². The first-order valence-corrected chi connectivity index (χ1v) is 5.60. The molecule has 0 amide bonds. The number of ketones is 1. The van der Waals surface area contributed by atoms with Crippen LogP contribution in [0.15, 0.2) is 60.4 Å². The molecule has 0 bridgehead atoms. The van der Waals surface area contributed by atoms with Gasteiger partial charge in [-0.3, -0.25) is 4.79 Å². The topological polar surface area (TPSA) is 37.3 Å². The summed E-state index contributed by atoms with van der Waals surface area (Å²) in [5.41, 5.74) is 1.01. The minimum Gasteiger partial charge on any atom is -0.508 e. The van der Waals surface area contributed by atoms with Gasteiger partial charge in [-0.1, -0.05) is 42.5 Å². The minimum absolute atomic E-state index is 0.0638. The van der Waals surface area contributed by atoms with E-state index in [4.69, 9.17) is 5.11 Å². The Bertz CT molecular complexity index is 481. The van der Waals surface area contributed by atoms with E-state index in [1.165, 1.54) is 0 Å². The van der Waals surface area contributed by atoms with Crippen LogP contribution in [0.2, 0.25) is 0 Å². The Kier molecular flexibility index (Phi) is 3.55. The highest BCUT2D eigenvalue weighted by molar-refractivity contribution is 5.96. The second-order valence-corrected chi connectivity index (χ2v) is 3.98. The number of carbonyl (C=O) groups excluding carboxylic acids is 1. The molecule has 0 spiro atoms. The summed E-state index contributed by atoms with van der Waals surface area (Å²) in [5, 5.41) is 9.16. The van der Waals surface area contributed by atoms with Crippen LogP contribution in [-0.2, 0) is 4.79 Å². The van der Waals surface area contributed by atoms with Crippen molar-refractivity contribution in [2.45, 2.75) is 6.42 Å². The van der Waals surface area contributed by atoms with E-state index in [0.717, 1.165) is 5.56 Å². The molecule has 0 fully saturated rings. The molecule has 2 heteroatoms. The highest BCUT2D eigenvalue weighted by Crippen LogP contribution is 2.16. The summed E-state index contributed by atoms with van der Waals surface area (Å²) in [6.45, 7) is 0. The molecule has 1 aromatic rings. The average Bonchev–Trinajstić information content (AvgIpc) is 2.38. The maximum atomic E-state index is 11.8. The molecule has 1 N–H and O–H groups in total. The molecule has 0 radical (unpaired) electrons. The molecule has 2 rings (SSSR count). The fraction of sp³-hybridized carbons (Fsp3) is 0.133. The van der Waals surface area contributed by atoms with Crippen LogP contribution < -0.4 is 0 Å². The van der Waals surface area contributed by atoms with Crippen molar-refractivity contribution in [3.63, 3.8) is 0 Å². The summed E-state index contributed by atoms with van der Waals surface area (Å²) in [6.07, 6.45) is 8.96. The minimum atomic E-state index is -0.147. The molecule has 1 aliphatic rings. The summed E-state index contributed by atoms with van der Waals surface area (Å²) < 4.78 is 0. The predicted molar refractivity (Wildman–Crippen MR) is 68.4 cm³/mol. The van der Waals surface area contributed by atoms with Crippen LogP contribution in [-0.4, -0.2) is 10.9 Å². The zero-order valence-corrected chi connectivity index (χ0v) is 9.41. The number of allylic oxidation sites excluding steroid dienone is 4. The van der Waals surface area contributed by atoms with Crippen molar-refractivity contribution in [2.75, 3.05) is 0 Å². The summed E-state index contributed by atoms with van der Waals surface area (Å²) in [6, 6.07) is 9.71. The Hall–Kier alpha value is -2.09. The first-order chi connectivity index (χ1) is 8.25. The molecule has 1 unspecified atom stereocenters. The van der Waals surface area contributed by atoms with Crippen molar-refractivity contribution >= 4 is 11.9 Å². The Labute approximate surface area is 101 Å². The van der Waals surface area contributed by atoms with Gasteiger partial charge in [-0.25, -0.2) is 0 Å². The first-order valence-electron chi connectivity index (χ1n) is 5.60. The number of benzene rings is 1. The van der Waals surface area contributed by atoms with Crippen molar-refractivity contribution in [1.29, 1.82) is 0 Å². The summed E-state index contributed by atoms with van der Waals surface area (Å²) in [4.78, 5) is 11.8. The lowest BCUT2D eigenvalue weighted by Crippen LogP contribution is -2.10. The second-order valence-electron chi connectivity index (χ2n) is 3.98. The summed E-state index contributed by atoms with van der Waals surface area (Å²) in [7, 11) is 0. The molecule has 0 heterocycles. The second kappa shape index (κ2) is 5.30. The van der Waals surface area contributed by atoms with Crippen LogP contribution >= 0.6 is 0 Å². The third-order valence-corrected chi connectivity index (χ3v) is 2.69. The van der Waals surface area contributed by atoms with E-state index in [1.54, 1.807) is 24.3 Å². The largest absolute Gasteiger partial charge is 0.508 e. The first kappa shape index (κ1) is 11.4. The molecule has 86 valence electrons. The van der Waals surface area contributed by atoms with Gasteiger partial charge in [-0.15, -0.1) is 0 Å². The van der Waals surface area contributed by atoms with E-state index < -0.39 is 0 Å². The van der Waals surface area contributed by atoms with Gasteiger partial charge >= 0.3 is 0 Å². The van der Waals surface area contributed by atoms with Crippen LogP contribution in [0, 0.1) is 5.92 Å². The molecule has 17 heavy (non-hydrogen) atoms. The van der Waals surface area contributed by atoms with Crippen molar-refractivity contribution in [3.8, 4) is 0 Å². The third kappa shape index (κ3) is 3.18. The number of aliphatic hydroxyl groups excluding tert-OH is 1. The van der Waals surface area contributed by atoms with E-state index in [2.05, 4.69) is 0 Å². The molecule has 2 nitrogen and oxygen atoms in total. The highest BCUT2D eigenvalue weighted by atomic mass is 16.3. The van der Waals surface area contributed by atoms with E-state index in [9.17, 15) is 4.79 Å². The standard InChI is InChI=1S/C15H14O2/c16-14-9-7-13(8-10-14)15(17)11-6-12-4-2-1-3-5-12/h1-7,9-11,13,16H,8H2/b11-6+. The van der Waals surface area contributed by atoms with Crippen molar-refractivity contribution in [2.24, 2.45) is 5.92 Å². The monoisotopic (exact) mass is 226 g/mol. The van der Waals surface area contributed by atoms with Crippen molar-refractivity contribution < 1.29 is 9.90 Å². The lowest BCUT2D eigenvalue weighted by Gasteiger charge is -2.10. The fourth-order valence-electron chi connectivity index (χ4n) is 1.69. The number of hydrogen-bond acceptors (Lipinski definition) is 2. The molecule has 0 aliphatic heterocycles. The van der Waals surface area contributed by atoms with Gasteiger partial charge in [0.25, 0.3) is 0 Å². The normalized spacial score (nSPS) is 19.3. The van der Waals surface area contributed by atoms with E-state index >= 15 is 0 Å². The van der Waals surface area contributed by atoms with Gasteiger partial charge in [-0.05, 0) is 30.2 Å². The van der Waals surface area contributed by atoms with Gasteiger partial charge in [-0.2, -0.15) is 0 Å². The SMILES string of the molecule is O=C(/C=C/c1ccccc1)C1C=CC(O)=CC1. The molecule has 1 atom stereocenters. The molecule has 0 saturated heterocycles. The van der Waals surface area contributed by atoms with Gasteiger partial charge in [0.15, 0.2) is 5.78 Å². The average molecular weight is 226 g/mol. The van der Waals surface area contributed by atoms with E-state index in [1.807, 2.05) is 36.4 Å². The smallest absolute Gasteiger partial charge is 0.162 e. The summed E-state index contributed by atoms with van der Waals surface area (Å²) >= 11 is 0. The zero-order valence-electron chi connectivity index (χ0n) is 9.41. The fourth-order valence-corrected chi connectivity index (χ4v) is 1.69. The number of hydrogen-bond donors (Lipinski definition) is 1. The lowest BCUT2D eigenvalue weighted by atomic mass is 9.95. The predicted octanol–water partition coefficient (Wildman–Crippen LogP) is 3.29. The third-order valence-electron chi connectivity index (χ3n) is 2.69. The summed E-state index contributed by atoms with van der Waals surface area (Å²) in [5.74, 6) is 0.154. The van der Waals surface area contributed by atoms with Gasteiger partial charge < -0.3 is 5.11 Å². The van der Waals surface area contributed by atoms with Crippen molar-refractivity contribution in [1.82, 2.24) is 0 Å². The molecule has 0 aromatic heterocycles. The Morgan fingerprint density at radius 1 is 1.29 bits per heavy atom. The van der Waals surface area contributed by atoms with Crippen LogP contribution in [0.3, 0.4) is 0 Å². The van der Waals surface area contributed by atoms with Crippen LogP contribution in [0.4, 0.5) is 0 Å². The lowest BCUT2D eigenvalue weighted by molar-refractivity contribution is -0.116. The van der Waals surface area contributed by atoms with Gasteiger partial charge in [0, 0.05) is 5.92 Å². The number of rotatable bonds is 3. The maximum Gasteiger partial charge on any atom is 0.162 e. The van der Waals surface area contributed by atoms with Crippen LogP contribution in [0.5, 0.6) is 0 Å². The van der Waals surface area contributed by atoms with Crippen LogP contribution in [0.25, 0.3) is 6.08 Å². The van der Waals surface area contributed by atoms with Gasteiger partial charge in [0.1, 0.15) is 5.76 Å². The van der Waals surface area contributed by atoms with E-state index in [-0.39, 0.29) is 17.5 Å². The van der Waals surface area contributed by atoms with Crippen LogP contribution in [0.1, 0.15) is 12.0 Å². The quantitative estimate of drug-likeness (QED) is 0.803. The number of aliphatic hydroxyl groups is 1. The molecular formula is C15H14O2. The molecule has 1 aliphatic carbocycles. The maximum absolute atomic E-state index is 11.8. The highest BCUT2D eigenvalue weighted by Gasteiger charge is 2.14. The van der Waals surface area contributed by atoms with Gasteiger partial charge in [0.2, 0.25) is 0 Å². The molecular weight excluding hydrogens is 212 g/mol. The Morgan fingerprint density at radius 2 is 2.06 bits per heavy atom. The molecule has 1 aromatic carbocycles. The van der Waals surface area contributed by atoms with E-state index in [0.29, 0.717) is 6.42 Å². The molecule has 0 saturated carbocycles. The Balaban J connectivity index is 1.99. The van der Waals surface area contributed by atoms with Crippen molar-refractivity contribution in [3.05, 3.63) is 66.0 Å². The number of carbonyl (C=O) groups is 1.